The Morgan fingerprint density at radius 2 is 1.87 bits per heavy atom. The van der Waals surface area contributed by atoms with Crippen molar-refractivity contribution in [1.82, 2.24) is 10.2 Å². The average Bonchev–Trinajstić information content (AvgIpc) is 2.74. The number of nitro groups is 1. The summed E-state index contributed by atoms with van der Waals surface area (Å²) >= 11 is 12.1. The van der Waals surface area contributed by atoms with Crippen LogP contribution in [-0.4, -0.2) is 34.2 Å². The van der Waals surface area contributed by atoms with Crippen molar-refractivity contribution in [2.45, 2.75) is 45.7 Å². The van der Waals surface area contributed by atoms with Gasteiger partial charge >= 0.3 is 0 Å². The molecule has 0 spiro atoms. The van der Waals surface area contributed by atoms with Crippen LogP contribution in [0.1, 0.15) is 37.8 Å². The van der Waals surface area contributed by atoms with E-state index in [1.54, 1.807) is 43.3 Å². The van der Waals surface area contributed by atoms with Gasteiger partial charge in [0.1, 0.15) is 6.04 Å². The molecule has 0 fully saturated rings. The molecule has 0 radical (unpaired) electrons. The van der Waals surface area contributed by atoms with Crippen LogP contribution in [-0.2, 0) is 22.6 Å². The number of hydrogen-bond acceptors (Lipinski definition) is 4. The number of carbonyl (C=O) groups excluding carboxylic acids is 2. The molecule has 0 heterocycles. The maximum atomic E-state index is 13.2. The number of amides is 2. The third-order valence-electron chi connectivity index (χ3n) is 4.86. The highest BCUT2D eigenvalue weighted by atomic mass is 35.5. The van der Waals surface area contributed by atoms with Gasteiger partial charge in [-0.05, 0) is 31.0 Å². The Morgan fingerprint density at radius 3 is 2.52 bits per heavy atom. The predicted molar refractivity (Wildman–Crippen MR) is 121 cm³/mol. The topological polar surface area (TPSA) is 92.6 Å². The lowest BCUT2D eigenvalue weighted by molar-refractivity contribution is -0.385. The number of unbranched alkanes of at least 4 members (excludes halogenated alkanes) is 1. The molecule has 31 heavy (non-hydrogen) atoms. The number of nitrogens with one attached hydrogen (secondary N) is 1. The van der Waals surface area contributed by atoms with Crippen LogP contribution in [0.2, 0.25) is 10.0 Å². The molecule has 1 unspecified atom stereocenters. The quantitative estimate of drug-likeness (QED) is 0.310. The first-order valence-electron chi connectivity index (χ1n) is 9.98. The van der Waals surface area contributed by atoms with E-state index in [0.29, 0.717) is 22.2 Å². The molecule has 0 aromatic heterocycles. The normalized spacial score (nSPS) is 11.6. The van der Waals surface area contributed by atoms with Crippen LogP contribution >= 0.6 is 23.2 Å². The Balaban J connectivity index is 2.29. The fourth-order valence-electron chi connectivity index (χ4n) is 3.06. The van der Waals surface area contributed by atoms with Gasteiger partial charge in [0.2, 0.25) is 11.8 Å². The maximum absolute atomic E-state index is 13.2. The fraction of sp³-hybridized carbons (Fsp3) is 0.364. The molecule has 0 aliphatic carbocycles. The van der Waals surface area contributed by atoms with Gasteiger partial charge in [-0.15, -0.1) is 0 Å². The molecular weight excluding hydrogens is 441 g/mol. The van der Waals surface area contributed by atoms with Gasteiger partial charge in [-0.3, -0.25) is 19.7 Å². The summed E-state index contributed by atoms with van der Waals surface area (Å²) in [4.78, 5) is 38.0. The maximum Gasteiger partial charge on any atom is 0.273 e. The number of carbonyl (C=O) groups is 2. The van der Waals surface area contributed by atoms with Crippen LogP contribution < -0.4 is 5.32 Å². The van der Waals surface area contributed by atoms with E-state index >= 15 is 0 Å². The molecule has 1 N–H and O–H groups in total. The Labute approximate surface area is 191 Å². The summed E-state index contributed by atoms with van der Waals surface area (Å²) < 4.78 is 0. The minimum absolute atomic E-state index is 0.110. The Hall–Kier alpha value is -2.64. The highest BCUT2D eigenvalue weighted by Gasteiger charge is 2.28. The molecule has 7 nitrogen and oxygen atoms in total. The van der Waals surface area contributed by atoms with Crippen molar-refractivity contribution in [3.05, 3.63) is 73.8 Å². The van der Waals surface area contributed by atoms with E-state index in [0.717, 1.165) is 12.8 Å². The van der Waals surface area contributed by atoms with Crippen LogP contribution in [0.4, 0.5) is 5.69 Å². The number of halogens is 2. The van der Waals surface area contributed by atoms with Crippen molar-refractivity contribution in [2.75, 3.05) is 6.54 Å². The van der Waals surface area contributed by atoms with Crippen LogP contribution in [0.25, 0.3) is 0 Å². The Morgan fingerprint density at radius 1 is 1.16 bits per heavy atom. The van der Waals surface area contributed by atoms with Crippen LogP contribution in [0, 0.1) is 10.1 Å². The van der Waals surface area contributed by atoms with E-state index in [2.05, 4.69) is 5.32 Å². The molecule has 2 rings (SSSR count). The highest BCUT2D eigenvalue weighted by Crippen LogP contribution is 2.25. The first kappa shape index (κ1) is 24.6. The lowest BCUT2D eigenvalue weighted by atomic mass is 10.1. The second-order valence-electron chi connectivity index (χ2n) is 7.15. The van der Waals surface area contributed by atoms with Gasteiger partial charge in [-0.2, -0.15) is 0 Å². The standard InChI is InChI=1S/C22H25Cl2N3O4/c1-3-4-11-25-22(29)15(2)26(14-16-9-10-18(23)19(24)12-16)21(28)13-17-7-5-6-8-20(17)27(30)31/h5-10,12,15H,3-4,11,13-14H2,1-2H3,(H,25,29). The van der Waals surface area contributed by atoms with Gasteiger partial charge in [0.15, 0.2) is 0 Å². The molecule has 0 aliphatic heterocycles. The average molecular weight is 466 g/mol. The second-order valence-corrected chi connectivity index (χ2v) is 7.97. The largest absolute Gasteiger partial charge is 0.354 e. The predicted octanol–water partition coefficient (Wildman–Crippen LogP) is 4.78. The summed E-state index contributed by atoms with van der Waals surface area (Å²) in [6, 6.07) is 10.3. The smallest absolute Gasteiger partial charge is 0.273 e. The first-order chi connectivity index (χ1) is 14.7. The molecule has 0 bridgehead atoms. The van der Waals surface area contributed by atoms with E-state index in [4.69, 9.17) is 23.2 Å². The molecule has 0 saturated heterocycles. The molecule has 1 atom stereocenters. The SMILES string of the molecule is CCCCNC(=O)C(C)N(Cc1ccc(Cl)c(Cl)c1)C(=O)Cc1ccccc1[N+](=O)[O-]. The third kappa shape index (κ3) is 6.94. The fourth-order valence-corrected chi connectivity index (χ4v) is 3.38. The zero-order chi connectivity index (χ0) is 23.0. The van der Waals surface area contributed by atoms with E-state index in [1.165, 1.54) is 11.0 Å². The summed E-state index contributed by atoms with van der Waals surface area (Å²) in [7, 11) is 0. The van der Waals surface area contributed by atoms with Crippen LogP contribution in [0.5, 0.6) is 0 Å². The minimum Gasteiger partial charge on any atom is -0.354 e. The van der Waals surface area contributed by atoms with Crippen LogP contribution in [0.3, 0.4) is 0 Å². The zero-order valence-corrected chi connectivity index (χ0v) is 18.9. The number of para-hydroxylation sites is 1. The van der Waals surface area contributed by atoms with Gasteiger partial charge in [0, 0.05) is 24.7 Å². The van der Waals surface area contributed by atoms with Crippen molar-refractivity contribution in [2.24, 2.45) is 0 Å². The number of benzene rings is 2. The summed E-state index contributed by atoms with van der Waals surface area (Å²) in [6.45, 7) is 4.27. The lowest BCUT2D eigenvalue weighted by Gasteiger charge is -2.29. The first-order valence-corrected chi connectivity index (χ1v) is 10.7. The molecule has 2 amide bonds. The van der Waals surface area contributed by atoms with Gasteiger partial charge in [-0.1, -0.05) is 60.8 Å². The number of rotatable bonds is 10. The van der Waals surface area contributed by atoms with Gasteiger partial charge in [0.25, 0.3) is 5.69 Å². The zero-order valence-electron chi connectivity index (χ0n) is 17.4. The number of nitro benzene ring substituents is 1. The van der Waals surface area contributed by atoms with Crippen molar-refractivity contribution < 1.29 is 14.5 Å². The molecular formula is C22H25Cl2N3O4. The molecule has 9 heteroatoms. The van der Waals surface area contributed by atoms with Crippen molar-refractivity contribution in [3.63, 3.8) is 0 Å². The van der Waals surface area contributed by atoms with Gasteiger partial charge < -0.3 is 10.2 Å². The van der Waals surface area contributed by atoms with E-state index in [9.17, 15) is 19.7 Å². The van der Waals surface area contributed by atoms with E-state index < -0.39 is 16.9 Å². The number of hydrogen-bond donors (Lipinski definition) is 1. The third-order valence-corrected chi connectivity index (χ3v) is 5.60. The Kier molecular flexibility index (Phi) is 9.27. The monoisotopic (exact) mass is 465 g/mol. The summed E-state index contributed by atoms with van der Waals surface area (Å²) in [6.07, 6.45) is 1.55. The molecule has 0 saturated carbocycles. The van der Waals surface area contributed by atoms with Crippen LogP contribution in [0.15, 0.2) is 42.5 Å². The second kappa shape index (κ2) is 11.7. The molecule has 166 valence electrons. The summed E-state index contributed by atoms with van der Waals surface area (Å²) in [5, 5.41) is 14.9. The Bertz CT molecular complexity index is 952. The summed E-state index contributed by atoms with van der Waals surface area (Å²) in [5.74, 6) is -0.692. The lowest BCUT2D eigenvalue weighted by Crippen LogP contribution is -2.48. The minimum atomic E-state index is -0.776. The van der Waals surface area contributed by atoms with Crippen molar-refractivity contribution >= 4 is 40.7 Å². The molecule has 0 aliphatic rings. The number of nitrogens with zero attached hydrogens (tertiary/aromatic N) is 2. The summed E-state index contributed by atoms with van der Waals surface area (Å²) in [5.41, 5.74) is 0.846. The van der Waals surface area contributed by atoms with Crippen molar-refractivity contribution in [1.29, 1.82) is 0 Å². The molecule has 2 aromatic rings. The van der Waals surface area contributed by atoms with E-state index in [1.807, 2.05) is 6.92 Å². The van der Waals surface area contributed by atoms with Gasteiger partial charge in [0.05, 0.1) is 21.4 Å². The van der Waals surface area contributed by atoms with E-state index in [-0.39, 0.29) is 30.1 Å². The molecule has 2 aromatic carbocycles. The highest BCUT2D eigenvalue weighted by molar-refractivity contribution is 6.42. The van der Waals surface area contributed by atoms with Gasteiger partial charge in [-0.25, -0.2) is 0 Å². The van der Waals surface area contributed by atoms with Crippen molar-refractivity contribution in [3.8, 4) is 0 Å².